The van der Waals surface area contributed by atoms with Crippen molar-refractivity contribution < 1.29 is 9.13 Å². The second kappa shape index (κ2) is 5.80. The molecule has 8 unspecified atom stereocenters. The number of hydrogen-bond donors (Lipinski definition) is 0. The van der Waals surface area contributed by atoms with E-state index in [1.54, 1.807) is 22.3 Å². The van der Waals surface area contributed by atoms with E-state index in [9.17, 15) is 0 Å². The highest BCUT2D eigenvalue weighted by molar-refractivity contribution is 5.47. The summed E-state index contributed by atoms with van der Waals surface area (Å²) < 4.78 is 5.31. The van der Waals surface area contributed by atoms with Crippen LogP contribution < -0.4 is 9.13 Å². The Bertz CT molecular complexity index is 1270. The van der Waals surface area contributed by atoms with Crippen LogP contribution >= 0.6 is 0 Å². The molecule has 4 aliphatic heterocycles. The van der Waals surface area contributed by atoms with Crippen molar-refractivity contribution in [3.63, 3.8) is 0 Å². The molecular weight excluding hydrogens is 400 g/mol. The lowest BCUT2D eigenvalue weighted by molar-refractivity contribution is -0.757. The third-order valence-electron chi connectivity index (χ3n) is 9.94. The molecule has 0 radical (unpaired) electrons. The van der Waals surface area contributed by atoms with E-state index in [1.165, 1.54) is 17.8 Å². The van der Waals surface area contributed by atoms with Crippen molar-refractivity contribution in [2.45, 2.75) is 30.3 Å². The van der Waals surface area contributed by atoms with E-state index in [2.05, 4.69) is 106 Å². The van der Waals surface area contributed by atoms with E-state index < -0.39 is 0 Å². The van der Waals surface area contributed by atoms with Gasteiger partial charge in [0.15, 0.2) is 35.9 Å². The van der Waals surface area contributed by atoms with Crippen molar-refractivity contribution in [3.05, 3.63) is 131 Å². The standard InChI is InChI=1S/C31H26N2/c1-3-11-20-18(9-1)26-22-17-23-27-19-10-2-4-12-21(19)31(33-16-8-6-14-25(27)33)29(23)28(22)30(20)32-15-7-5-13-24(26)32/h1-16,22-23,26-31H,17H2/q+2. The zero-order chi connectivity index (χ0) is 21.3. The summed E-state index contributed by atoms with van der Waals surface area (Å²) in [5, 5.41) is 0. The topological polar surface area (TPSA) is 7.76 Å². The Hall–Kier alpha value is -3.26. The van der Waals surface area contributed by atoms with Crippen LogP contribution in [0.1, 0.15) is 64.0 Å². The van der Waals surface area contributed by atoms with Gasteiger partial charge in [0.2, 0.25) is 0 Å². The summed E-state index contributed by atoms with van der Waals surface area (Å²) >= 11 is 0. The smallest absolute Gasteiger partial charge is 0.189 e. The molecule has 0 amide bonds. The monoisotopic (exact) mass is 426 g/mol. The summed E-state index contributed by atoms with van der Waals surface area (Å²) in [5.41, 5.74) is 9.45. The molecule has 6 heterocycles. The molecule has 4 aromatic rings. The molecule has 158 valence electrons. The van der Waals surface area contributed by atoms with Crippen molar-refractivity contribution in [1.82, 2.24) is 0 Å². The zero-order valence-corrected chi connectivity index (χ0v) is 18.5. The minimum absolute atomic E-state index is 0.460. The normalized spacial score (nSPS) is 35.2. The van der Waals surface area contributed by atoms with Gasteiger partial charge in [-0.1, -0.05) is 60.7 Å². The van der Waals surface area contributed by atoms with Gasteiger partial charge < -0.3 is 0 Å². The number of pyridine rings is 2. The van der Waals surface area contributed by atoms with Crippen LogP contribution in [0.15, 0.2) is 97.3 Å². The van der Waals surface area contributed by atoms with Crippen molar-refractivity contribution >= 4 is 0 Å². The third kappa shape index (κ3) is 1.87. The first-order chi connectivity index (χ1) is 16.4. The van der Waals surface area contributed by atoms with Gasteiger partial charge >= 0.3 is 0 Å². The van der Waals surface area contributed by atoms with Gasteiger partial charge in [-0.2, -0.15) is 9.13 Å². The summed E-state index contributed by atoms with van der Waals surface area (Å²) in [4.78, 5) is 0. The molecule has 2 heteroatoms. The molecular formula is C31H26N2+2. The summed E-state index contributed by atoms with van der Waals surface area (Å²) in [6.07, 6.45) is 6.08. The van der Waals surface area contributed by atoms with E-state index in [-0.39, 0.29) is 0 Å². The highest BCUT2D eigenvalue weighted by Crippen LogP contribution is 2.68. The highest BCUT2D eigenvalue weighted by Gasteiger charge is 2.70. The molecule has 2 aromatic heterocycles. The lowest BCUT2D eigenvalue weighted by Gasteiger charge is -2.48. The van der Waals surface area contributed by atoms with Crippen molar-refractivity contribution in [1.29, 1.82) is 0 Å². The van der Waals surface area contributed by atoms with Crippen LogP contribution in [0.5, 0.6) is 0 Å². The number of aromatic nitrogens is 2. The number of benzene rings is 2. The first kappa shape index (κ1) is 17.2. The van der Waals surface area contributed by atoms with Crippen molar-refractivity contribution in [3.8, 4) is 0 Å². The fraction of sp³-hybridized carbons (Fsp3) is 0.290. The quantitative estimate of drug-likeness (QED) is 0.353. The fourth-order valence-electron chi connectivity index (χ4n) is 9.21. The maximum Gasteiger partial charge on any atom is 0.189 e. The van der Waals surface area contributed by atoms with E-state index in [0.717, 1.165) is 11.8 Å². The molecule has 0 spiro atoms. The molecule has 0 N–H and O–H groups in total. The Morgan fingerprint density at radius 2 is 0.909 bits per heavy atom. The number of hydrogen-bond acceptors (Lipinski definition) is 0. The Morgan fingerprint density at radius 3 is 1.39 bits per heavy atom. The molecule has 2 nitrogen and oxygen atoms in total. The summed E-state index contributed by atoms with van der Waals surface area (Å²) in [6, 6.07) is 33.4. The van der Waals surface area contributed by atoms with E-state index in [4.69, 9.17) is 0 Å². The third-order valence-corrected chi connectivity index (χ3v) is 9.94. The molecule has 3 aliphatic carbocycles. The Labute approximate surface area is 194 Å². The summed E-state index contributed by atoms with van der Waals surface area (Å²) in [6.45, 7) is 0. The van der Waals surface area contributed by atoms with Gasteiger partial charge in [0.1, 0.15) is 0 Å². The lowest BCUT2D eigenvalue weighted by Crippen LogP contribution is -2.63. The van der Waals surface area contributed by atoms with Gasteiger partial charge in [-0.05, 0) is 29.4 Å². The molecule has 1 fully saturated rings. The minimum atomic E-state index is 0.460. The lowest BCUT2D eigenvalue weighted by atomic mass is 9.57. The molecule has 2 aromatic carbocycles. The Kier molecular flexibility index (Phi) is 3.03. The summed E-state index contributed by atoms with van der Waals surface area (Å²) in [5.74, 6) is 3.90. The molecule has 11 rings (SSSR count). The van der Waals surface area contributed by atoms with E-state index in [0.29, 0.717) is 35.8 Å². The Balaban J connectivity index is 1.32. The van der Waals surface area contributed by atoms with Gasteiger partial charge in [-0.15, -0.1) is 0 Å². The SMILES string of the molecule is c1ccc2c(c1)C1c3cccc[n+]3C2C2C1CC1C3c4ccccc4C(C12)[n+]1ccccc13. The van der Waals surface area contributed by atoms with Crippen LogP contribution in [-0.2, 0) is 0 Å². The second-order valence-electron chi connectivity index (χ2n) is 10.9. The minimum Gasteiger partial charge on any atom is -0.195 e. The van der Waals surface area contributed by atoms with Crippen LogP contribution in [0.25, 0.3) is 0 Å². The van der Waals surface area contributed by atoms with E-state index >= 15 is 0 Å². The summed E-state index contributed by atoms with van der Waals surface area (Å²) in [7, 11) is 0. The first-order valence-corrected chi connectivity index (χ1v) is 12.6. The predicted octanol–water partition coefficient (Wildman–Crippen LogP) is 4.93. The van der Waals surface area contributed by atoms with Crippen LogP contribution in [0, 0.1) is 23.7 Å². The van der Waals surface area contributed by atoms with Gasteiger partial charge in [0.25, 0.3) is 0 Å². The molecule has 33 heavy (non-hydrogen) atoms. The van der Waals surface area contributed by atoms with Crippen molar-refractivity contribution in [2.75, 3.05) is 0 Å². The van der Waals surface area contributed by atoms with Crippen LogP contribution in [-0.4, -0.2) is 0 Å². The van der Waals surface area contributed by atoms with Gasteiger partial charge in [-0.25, -0.2) is 0 Å². The van der Waals surface area contributed by atoms with Crippen LogP contribution in [0.3, 0.4) is 0 Å². The molecule has 1 saturated carbocycles. The average Bonchev–Trinajstić information content (AvgIpc) is 3.29. The Morgan fingerprint density at radius 1 is 0.485 bits per heavy atom. The maximum atomic E-state index is 2.65. The average molecular weight is 427 g/mol. The molecule has 4 bridgehead atoms. The molecule has 8 atom stereocenters. The number of rotatable bonds is 0. The fourth-order valence-corrected chi connectivity index (χ4v) is 9.21. The predicted molar refractivity (Wildman–Crippen MR) is 125 cm³/mol. The van der Waals surface area contributed by atoms with E-state index in [1.807, 2.05) is 0 Å². The van der Waals surface area contributed by atoms with Gasteiger partial charge in [-0.3, -0.25) is 0 Å². The molecule has 7 aliphatic rings. The first-order valence-electron chi connectivity index (χ1n) is 12.6. The number of nitrogens with zero attached hydrogens (tertiary/aromatic N) is 2. The zero-order valence-electron chi connectivity index (χ0n) is 18.5. The largest absolute Gasteiger partial charge is 0.195 e. The highest BCUT2D eigenvalue weighted by atomic mass is 15.1. The maximum absolute atomic E-state index is 2.65. The van der Waals surface area contributed by atoms with Gasteiger partial charge in [0.05, 0.1) is 11.8 Å². The molecule has 0 saturated heterocycles. The van der Waals surface area contributed by atoms with Crippen molar-refractivity contribution in [2.24, 2.45) is 23.7 Å². The second-order valence-corrected chi connectivity index (χ2v) is 10.9. The van der Waals surface area contributed by atoms with Crippen LogP contribution in [0.2, 0.25) is 0 Å². The van der Waals surface area contributed by atoms with Gasteiger partial charge in [0, 0.05) is 47.2 Å². The van der Waals surface area contributed by atoms with Crippen LogP contribution in [0.4, 0.5) is 0 Å².